The molecule has 0 aliphatic carbocycles. The third kappa shape index (κ3) is 2.23. The normalized spacial score (nSPS) is 26.5. The minimum absolute atomic E-state index is 0.318. The standard InChI is InChI=1S/C5H6N2O3S/c8-2-5-6-4(3-11-5)1-7(9)10/h1-2,5-6H,3H2/b4-1+. The summed E-state index contributed by atoms with van der Waals surface area (Å²) in [4.78, 5) is 19.6. The SMILES string of the molecule is O=CC1N/C(=C/[N+](=O)[O-])CS1. The van der Waals surface area contributed by atoms with Crippen molar-refractivity contribution in [2.45, 2.75) is 5.37 Å². The molecule has 11 heavy (non-hydrogen) atoms. The maximum absolute atomic E-state index is 10.2. The van der Waals surface area contributed by atoms with Gasteiger partial charge in [-0.05, 0) is 0 Å². The van der Waals surface area contributed by atoms with E-state index in [1.165, 1.54) is 11.8 Å². The van der Waals surface area contributed by atoms with Crippen LogP contribution in [-0.2, 0) is 4.79 Å². The second-order valence-electron chi connectivity index (χ2n) is 1.95. The Kier molecular flexibility index (Phi) is 2.48. The Bertz CT molecular complexity index is 216. The molecular formula is C5H6N2O3S. The van der Waals surface area contributed by atoms with E-state index in [4.69, 9.17) is 0 Å². The summed E-state index contributed by atoms with van der Waals surface area (Å²) < 4.78 is 0. The van der Waals surface area contributed by atoms with E-state index in [0.717, 1.165) is 12.5 Å². The number of carbonyl (C=O) groups excluding carboxylic acids is 1. The summed E-state index contributed by atoms with van der Waals surface area (Å²) in [6.07, 6.45) is 1.61. The lowest BCUT2D eigenvalue weighted by atomic mass is 10.5. The van der Waals surface area contributed by atoms with Crippen LogP contribution in [0.25, 0.3) is 0 Å². The van der Waals surface area contributed by atoms with Gasteiger partial charge in [-0.1, -0.05) is 0 Å². The first kappa shape index (κ1) is 8.06. The molecular weight excluding hydrogens is 168 g/mol. The number of rotatable bonds is 2. The van der Waals surface area contributed by atoms with Gasteiger partial charge in [0.15, 0.2) is 6.29 Å². The average molecular weight is 174 g/mol. The third-order valence-corrected chi connectivity index (χ3v) is 2.20. The molecule has 6 heteroatoms. The van der Waals surface area contributed by atoms with Gasteiger partial charge in [0.25, 0.3) is 6.20 Å². The Labute approximate surface area is 67.0 Å². The van der Waals surface area contributed by atoms with Crippen molar-refractivity contribution in [3.63, 3.8) is 0 Å². The van der Waals surface area contributed by atoms with Crippen molar-refractivity contribution < 1.29 is 9.72 Å². The second kappa shape index (κ2) is 3.38. The minimum Gasteiger partial charge on any atom is -0.365 e. The molecule has 0 saturated carbocycles. The predicted molar refractivity (Wildman–Crippen MR) is 40.5 cm³/mol. The van der Waals surface area contributed by atoms with Gasteiger partial charge in [-0.25, -0.2) is 0 Å². The van der Waals surface area contributed by atoms with Gasteiger partial charge in [0.2, 0.25) is 0 Å². The first-order chi connectivity index (χ1) is 5.22. The second-order valence-corrected chi connectivity index (χ2v) is 3.08. The van der Waals surface area contributed by atoms with E-state index >= 15 is 0 Å². The molecule has 1 heterocycles. The minimum atomic E-state index is -0.532. The average Bonchev–Trinajstić information content (AvgIpc) is 2.34. The number of nitro groups is 1. The van der Waals surface area contributed by atoms with E-state index in [1.54, 1.807) is 0 Å². The Morgan fingerprint density at radius 2 is 2.55 bits per heavy atom. The van der Waals surface area contributed by atoms with Crippen molar-refractivity contribution in [2.75, 3.05) is 5.75 Å². The van der Waals surface area contributed by atoms with Gasteiger partial charge in [0.1, 0.15) is 5.37 Å². The highest BCUT2D eigenvalue weighted by atomic mass is 32.2. The molecule has 0 spiro atoms. The molecule has 0 aromatic carbocycles. The van der Waals surface area contributed by atoms with Crippen molar-refractivity contribution in [3.05, 3.63) is 22.0 Å². The lowest BCUT2D eigenvalue weighted by Crippen LogP contribution is -2.19. The zero-order chi connectivity index (χ0) is 8.27. The molecule has 0 aromatic heterocycles. The van der Waals surface area contributed by atoms with Crippen molar-refractivity contribution in [2.24, 2.45) is 0 Å². The van der Waals surface area contributed by atoms with Gasteiger partial charge in [0, 0.05) is 5.75 Å². The predicted octanol–water partition coefficient (Wildman–Crippen LogP) is -0.0341. The summed E-state index contributed by atoms with van der Waals surface area (Å²) in [6, 6.07) is 0. The number of thioether (sulfide) groups is 1. The van der Waals surface area contributed by atoms with Gasteiger partial charge in [-0.2, -0.15) is 0 Å². The number of nitrogens with zero attached hydrogens (tertiary/aromatic N) is 1. The zero-order valence-corrected chi connectivity index (χ0v) is 6.34. The lowest BCUT2D eigenvalue weighted by molar-refractivity contribution is -0.403. The van der Waals surface area contributed by atoms with Crippen LogP contribution < -0.4 is 5.32 Å². The fourth-order valence-electron chi connectivity index (χ4n) is 0.721. The number of aldehydes is 1. The molecule has 1 atom stereocenters. The summed E-state index contributed by atoms with van der Waals surface area (Å²) in [5.74, 6) is 0.504. The Balaban J connectivity index is 2.53. The molecule has 1 rings (SSSR count). The Morgan fingerprint density at radius 1 is 1.82 bits per heavy atom. The molecule has 5 nitrogen and oxygen atoms in total. The molecule has 1 saturated heterocycles. The number of carbonyl (C=O) groups is 1. The zero-order valence-electron chi connectivity index (χ0n) is 5.52. The van der Waals surface area contributed by atoms with E-state index < -0.39 is 4.92 Å². The van der Waals surface area contributed by atoms with Gasteiger partial charge in [-0.3, -0.25) is 10.1 Å². The monoisotopic (exact) mass is 174 g/mol. The quantitative estimate of drug-likeness (QED) is 0.361. The van der Waals surface area contributed by atoms with Crippen LogP contribution in [0.3, 0.4) is 0 Å². The van der Waals surface area contributed by atoms with Gasteiger partial charge >= 0.3 is 0 Å². The van der Waals surface area contributed by atoms with Crippen molar-refractivity contribution in [3.8, 4) is 0 Å². The van der Waals surface area contributed by atoms with E-state index in [9.17, 15) is 14.9 Å². The van der Waals surface area contributed by atoms with Crippen molar-refractivity contribution in [1.82, 2.24) is 5.32 Å². The van der Waals surface area contributed by atoms with Gasteiger partial charge in [-0.15, -0.1) is 11.8 Å². The van der Waals surface area contributed by atoms with Crippen LogP contribution >= 0.6 is 11.8 Å². The van der Waals surface area contributed by atoms with Crippen molar-refractivity contribution >= 4 is 18.0 Å². The van der Waals surface area contributed by atoms with Crippen LogP contribution in [0, 0.1) is 10.1 Å². The van der Waals surface area contributed by atoms with Crippen LogP contribution in [-0.4, -0.2) is 22.3 Å². The van der Waals surface area contributed by atoms with Crippen LogP contribution in [0.15, 0.2) is 11.9 Å². The lowest BCUT2D eigenvalue weighted by Gasteiger charge is -1.96. The number of nitrogens with one attached hydrogen (secondary N) is 1. The first-order valence-corrected chi connectivity index (χ1v) is 3.95. The van der Waals surface area contributed by atoms with Crippen LogP contribution in [0.1, 0.15) is 0 Å². The molecule has 1 unspecified atom stereocenters. The summed E-state index contributed by atoms with van der Waals surface area (Å²) >= 11 is 1.34. The van der Waals surface area contributed by atoms with E-state index in [0.29, 0.717) is 11.4 Å². The fourth-order valence-corrected chi connectivity index (χ4v) is 1.55. The van der Waals surface area contributed by atoms with Crippen LogP contribution in [0.2, 0.25) is 0 Å². The Hall–Kier alpha value is -1.04. The molecule has 0 bridgehead atoms. The smallest absolute Gasteiger partial charge is 0.254 e. The molecule has 1 aliphatic rings. The van der Waals surface area contributed by atoms with Gasteiger partial charge < -0.3 is 10.1 Å². The molecule has 0 amide bonds. The maximum Gasteiger partial charge on any atom is 0.254 e. The largest absolute Gasteiger partial charge is 0.365 e. The first-order valence-electron chi connectivity index (χ1n) is 2.90. The number of hydrogen-bond acceptors (Lipinski definition) is 5. The van der Waals surface area contributed by atoms with Gasteiger partial charge in [0.05, 0.1) is 10.6 Å². The summed E-state index contributed by atoms with van der Waals surface area (Å²) in [5, 5.41) is 12.3. The molecule has 1 aliphatic heterocycles. The molecule has 0 aromatic rings. The highest BCUT2D eigenvalue weighted by Crippen LogP contribution is 2.18. The highest BCUT2D eigenvalue weighted by Gasteiger charge is 2.19. The van der Waals surface area contributed by atoms with Crippen molar-refractivity contribution in [1.29, 1.82) is 0 Å². The summed E-state index contributed by atoms with van der Waals surface area (Å²) in [5.41, 5.74) is 0.497. The van der Waals surface area contributed by atoms with Crippen LogP contribution in [0.4, 0.5) is 0 Å². The number of hydrogen-bond donors (Lipinski definition) is 1. The molecule has 0 radical (unpaired) electrons. The molecule has 60 valence electrons. The fraction of sp³-hybridized carbons (Fsp3) is 0.400. The summed E-state index contributed by atoms with van der Waals surface area (Å²) in [6.45, 7) is 0. The highest BCUT2D eigenvalue weighted by molar-refractivity contribution is 8.00. The van der Waals surface area contributed by atoms with E-state index in [2.05, 4.69) is 5.32 Å². The molecule has 1 N–H and O–H groups in total. The maximum atomic E-state index is 10.2. The van der Waals surface area contributed by atoms with Crippen LogP contribution in [0.5, 0.6) is 0 Å². The third-order valence-electron chi connectivity index (χ3n) is 1.13. The molecule has 1 fully saturated rings. The Morgan fingerprint density at radius 3 is 3.00 bits per heavy atom. The van der Waals surface area contributed by atoms with E-state index in [1.807, 2.05) is 0 Å². The summed E-state index contributed by atoms with van der Waals surface area (Å²) in [7, 11) is 0. The van der Waals surface area contributed by atoms with E-state index in [-0.39, 0.29) is 5.37 Å². The topological polar surface area (TPSA) is 72.2 Å².